The predicted molar refractivity (Wildman–Crippen MR) is 119 cm³/mol. The van der Waals surface area contributed by atoms with Crippen molar-refractivity contribution in [1.82, 2.24) is 10.6 Å². The molecule has 0 bridgehead atoms. The van der Waals surface area contributed by atoms with Crippen LogP contribution < -0.4 is 20.5 Å². The molecule has 2 aromatic carbocycles. The van der Waals surface area contributed by atoms with Gasteiger partial charge in [0, 0.05) is 10.0 Å². The summed E-state index contributed by atoms with van der Waals surface area (Å²) in [6.45, 7) is 3.68. The van der Waals surface area contributed by atoms with Crippen molar-refractivity contribution in [2.45, 2.75) is 26.3 Å². The third-order valence-electron chi connectivity index (χ3n) is 4.32. The third kappa shape index (κ3) is 7.57. The van der Waals surface area contributed by atoms with Crippen LogP contribution in [0.1, 0.15) is 36.2 Å². The van der Waals surface area contributed by atoms with Gasteiger partial charge in [-0.05, 0) is 60.4 Å². The minimum absolute atomic E-state index is 0.0241. The van der Waals surface area contributed by atoms with E-state index in [1.54, 1.807) is 48.5 Å². The van der Waals surface area contributed by atoms with E-state index in [-0.39, 0.29) is 18.0 Å². The summed E-state index contributed by atoms with van der Waals surface area (Å²) in [5, 5.41) is 16.5. The van der Waals surface area contributed by atoms with Gasteiger partial charge in [-0.15, -0.1) is 0 Å². The van der Waals surface area contributed by atoms with Crippen molar-refractivity contribution in [3.63, 3.8) is 0 Å². The highest BCUT2D eigenvalue weighted by Crippen LogP contribution is 2.15. The number of carbonyl (C=O) groups excluding carboxylic acids is 3. The Balaban J connectivity index is 2.30. The molecule has 0 aromatic heterocycles. The molecule has 0 saturated carbocycles. The van der Waals surface area contributed by atoms with E-state index in [9.17, 15) is 19.5 Å². The lowest BCUT2D eigenvalue weighted by molar-refractivity contribution is -0.308. The number of ether oxygens (including phenoxy) is 1. The average Bonchev–Trinajstić information content (AvgIpc) is 2.73. The minimum Gasteiger partial charge on any atom is -0.548 e. The van der Waals surface area contributed by atoms with Gasteiger partial charge in [0.15, 0.2) is 0 Å². The first kappa shape index (κ1) is 24.1. The van der Waals surface area contributed by atoms with Crippen molar-refractivity contribution < 1.29 is 24.2 Å². The highest BCUT2D eigenvalue weighted by molar-refractivity contribution is 9.10. The highest BCUT2D eigenvalue weighted by atomic mass is 79.9. The van der Waals surface area contributed by atoms with Gasteiger partial charge in [-0.1, -0.05) is 41.9 Å². The normalized spacial score (nSPS) is 12.2. The van der Waals surface area contributed by atoms with Gasteiger partial charge >= 0.3 is 0 Å². The van der Waals surface area contributed by atoms with Crippen LogP contribution in [0.2, 0.25) is 0 Å². The molecule has 2 N–H and O–H groups in total. The summed E-state index contributed by atoms with van der Waals surface area (Å²) in [6.07, 6.45) is 1.68. The molecular weight excluding hydrogens is 464 g/mol. The lowest BCUT2D eigenvalue weighted by Crippen LogP contribution is -2.50. The molecule has 0 aliphatic rings. The number of rotatable bonds is 9. The van der Waals surface area contributed by atoms with E-state index in [0.29, 0.717) is 16.9 Å². The summed E-state index contributed by atoms with van der Waals surface area (Å²) >= 11 is 3.34. The van der Waals surface area contributed by atoms with Gasteiger partial charge in [-0.3, -0.25) is 9.59 Å². The van der Waals surface area contributed by atoms with E-state index in [0.717, 1.165) is 4.47 Å². The van der Waals surface area contributed by atoms with E-state index in [2.05, 4.69) is 26.6 Å². The van der Waals surface area contributed by atoms with Gasteiger partial charge in [0.05, 0.1) is 19.1 Å². The second kappa shape index (κ2) is 11.3. The Kier molecular flexibility index (Phi) is 8.81. The fourth-order valence-electron chi connectivity index (χ4n) is 2.74. The molecule has 164 valence electrons. The van der Waals surface area contributed by atoms with Gasteiger partial charge < -0.3 is 25.3 Å². The first-order chi connectivity index (χ1) is 14.7. The number of halogens is 1. The Morgan fingerprint density at radius 1 is 1.06 bits per heavy atom. The van der Waals surface area contributed by atoms with E-state index in [1.807, 2.05) is 13.8 Å². The van der Waals surface area contributed by atoms with E-state index >= 15 is 0 Å². The van der Waals surface area contributed by atoms with Crippen LogP contribution in [-0.2, 0) is 9.59 Å². The zero-order valence-electron chi connectivity index (χ0n) is 17.5. The van der Waals surface area contributed by atoms with E-state index in [1.165, 1.54) is 13.2 Å². The van der Waals surface area contributed by atoms with Crippen LogP contribution in [0.3, 0.4) is 0 Å². The summed E-state index contributed by atoms with van der Waals surface area (Å²) in [5.74, 6) is -2.01. The van der Waals surface area contributed by atoms with Crippen molar-refractivity contribution in [1.29, 1.82) is 0 Å². The van der Waals surface area contributed by atoms with Crippen LogP contribution in [0, 0.1) is 5.92 Å². The molecule has 0 heterocycles. The molecule has 1 atom stereocenters. The fraction of sp³-hybridized carbons (Fsp3) is 0.261. The maximum absolute atomic E-state index is 12.9. The Morgan fingerprint density at radius 2 is 1.68 bits per heavy atom. The average molecular weight is 488 g/mol. The number of carboxylic acid groups (broad SMARTS) is 1. The maximum Gasteiger partial charge on any atom is 0.268 e. The van der Waals surface area contributed by atoms with Gasteiger partial charge in [0.2, 0.25) is 0 Å². The number of carbonyl (C=O) groups is 3. The van der Waals surface area contributed by atoms with Crippen LogP contribution >= 0.6 is 15.9 Å². The third-order valence-corrected chi connectivity index (χ3v) is 4.85. The lowest BCUT2D eigenvalue weighted by Gasteiger charge is -2.22. The number of hydrogen-bond acceptors (Lipinski definition) is 5. The van der Waals surface area contributed by atoms with Crippen molar-refractivity contribution in [2.24, 2.45) is 5.92 Å². The second-order valence-corrected chi connectivity index (χ2v) is 8.18. The van der Waals surface area contributed by atoms with Crippen LogP contribution in [0.15, 0.2) is 58.7 Å². The van der Waals surface area contributed by atoms with Gasteiger partial charge in [0.1, 0.15) is 11.4 Å². The SMILES string of the molecule is COc1ccc(C(=O)N/C(=C\c2ccc(Br)cc2)C(=O)N[C@@H](CC(C)C)C(=O)[O-])cc1. The summed E-state index contributed by atoms with van der Waals surface area (Å²) in [7, 11) is 1.52. The molecule has 2 aromatic rings. The molecule has 2 rings (SSSR count). The van der Waals surface area contributed by atoms with Crippen molar-refractivity contribution in [3.05, 3.63) is 69.8 Å². The predicted octanol–water partition coefficient (Wildman–Crippen LogP) is 2.51. The molecule has 0 aliphatic heterocycles. The van der Waals surface area contributed by atoms with Crippen LogP contribution in [0.25, 0.3) is 6.08 Å². The van der Waals surface area contributed by atoms with Gasteiger partial charge in [0.25, 0.3) is 11.8 Å². The topological polar surface area (TPSA) is 108 Å². The number of hydrogen-bond donors (Lipinski definition) is 2. The molecule has 0 saturated heterocycles. The van der Waals surface area contributed by atoms with Gasteiger partial charge in [-0.25, -0.2) is 0 Å². The van der Waals surface area contributed by atoms with Crippen molar-refractivity contribution in [3.8, 4) is 5.75 Å². The summed E-state index contributed by atoms with van der Waals surface area (Å²) in [4.78, 5) is 37.0. The summed E-state index contributed by atoms with van der Waals surface area (Å²) in [6, 6.07) is 12.3. The standard InChI is InChI=1S/C23H25BrN2O5/c1-14(2)12-20(23(29)30)26-22(28)19(13-15-4-8-17(24)9-5-15)25-21(27)16-6-10-18(31-3)11-7-16/h4-11,13-14,20H,12H2,1-3H3,(H,25,27)(H,26,28)(H,29,30)/p-1/b19-13-/t20-/m0/s1. The molecule has 0 fully saturated rings. The molecule has 0 unspecified atom stereocenters. The fourth-order valence-corrected chi connectivity index (χ4v) is 3.01. The lowest BCUT2D eigenvalue weighted by atomic mass is 10.0. The van der Waals surface area contributed by atoms with E-state index < -0.39 is 23.8 Å². The number of carboxylic acids is 1. The number of aliphatic carboxylic acids is 1. The van der Waals surface area contributed by atoms with Crippen LogP contribution in [-0.4, -0.2) is 30.9 Å². The molecule has 2 amide bonds. The first-order valence-corrected chi connectivity index (χ1v) is 10.4. The van der Waals surface area contributed by atoms with E-state index in [4.69, 9.17) is 4.74 Å². The number of benzene rings is 2. The minimum atomic E-state index is -1.38. The Hall–Kier alpha value is -3.13. The molecule has 0 radical (unpaired) electrons. The number of methoxy groups -OCH3 is 1. The molecule has 0 aliphatic carbocycles. The Morgan fingerprint density at radius 3 is 2.19 bits per heavy atom. The molecule has 7 nitrogen and oxygen atoms in total. The van der Waals surface area contributed by atoms with Crippen LogP contribution in [0.5, 0.6) is 5.75 Å². The molecular formula is C23H24BrN2O5-. The highest BCUT2D eigenvalue weighted by Gasteiger charge is 2.20. The number of amides is 2. The largest absolute Gasteiger partial charge is 0.548 e. The van der Waals surface area contributed by atoms with Gasteiger partial charge in [-0.2, -0.15) is 0 Å². The van der Waals surface area contributed by atoms with Crippen LogP contribution in [0.4, 0.5) is 0 Å². The number of nitrogens with one attached hydrogen (secondary N) is 2. The maximum atomic E-state index is 12.9. The Bertz CT molecular complexity index is 953. The first-order valence-electron chi connectivity index (χ1n) is 9.64. The monoisotopic (exact) mass is 487 g/mol. The van der Waals surface area contributed by atoms with Crippen molar-refractivity contribution >= 4 is 39.8 Å². The Labute approximate surface area is 189 Å². The zero-order valence-corrected chi connectivity index (χ0v) is 19.1. The summed E-state index contributed by atoms with van der Waals surface area (Å²) in [5.41, 5.74) is 0.879. The molecule has 8 heteroatoms. The molecule has 31 heavy (non-hydrogen) atoms. The zero-order chi connectivity index (χ0) is 23.0. The smallest absolute Gasteiger partial charge is 0.268 e. The summed E-state index contributed by atoms with van der Waals surface area (Å²) < 4.78 is 5.94. The molecule has 0 spiro atoms. The van der Waals surface area contributed by atoms with Crippen molar-refractivity contribution in [2.75, 3.05) is 7.11 Å². The second-order valence-electron chi connectivity index (χ2n) is 7.27. The quantitative estimate of drug-likeness (QED) is 0.528.